The van der Waals surface area contributed by atoms with Gasteiger partial charge in [0.15, 0.2) is 0 Å². The smallest absolute Gasteiger partial charge is 0.224 e. The molecule has 0 bridgehead atoms. The molecule has 1 unspecified atom stereocenters. The van der Waals surface area contributed by atoms with E-state index < -0.39 is 0 Å². The van der Waals surface area contributed by atoms with Crippen LogP contribution in [0, 0.1) is 0 Å². The van der Waals surface area contributed by atoms with Crippen molar-refractivity contribution in [3.8, 4) is 0 Å². The molecule has 0 spiro atoms. The number of carbonyl (C=O) groups is 1. The summed E-state index contributed by atoms with van der Waals surface area (Å²) in [4.78, 5) is 14.4. The minimum Gasteiger partial charge on any atom is -0.343 e. The Hall–Kier alpha value is -0.220. The first-order valence-electron chi connectivity index (χ1n) is 7.36. The number of nitrogens with zero attached hydrogens (tertiary/aromatic N) is 1. The summed E-state index contributed by atoms with van der Waals surface area (Å²) in [6.45, 7) is 7.29. The van der Waals surface area contributed by atoms with Crippen molar-refractivity contribution in [2.45, 2.75) is 52.0 Å². The van der Waals surface area contributed by atoms with E-state index in [9.17, 15) is 4.79 Å². The lowest BCUT2D eigenvalue weighted by Gasteiger charge is -2.27. The highest BCUT2D eigenvalue weighted by Gasteiger charge is 2.20. The molecule has 1 fully saturated rings. The Labute approximate surface area is 116 Å². The quantitative estimate of drug-likeness (QED) is 0.737. The molecule has 0 aromatic carbocycles. The topological polar surface area (TPSA) is 32.3 Å². The molecule has 0 saturated carbocycles. The largest absolute Gasteiger partial charge is 0.343 e. The second kappa shape index (κ2) is 9.68. The zero-order valence-electron chi connectivity index (χ0n) is 11.9. The van der Waals surface area contributed by atoms with Crippen molar-refractivity contribution in [2.75, 3.05) is 31.1 Å². The Morgan fingerprint density at radius 2 is 1.94 bits per heavy atom. The summed E-state index contributed by atoms with van der Waals surface area (Å²) in [7, 11) is 0. The van der Waals surface area contributed by atoms with E-state index in [1.54, 1.807) is 0 Å². The highest BCUT2D eigenvalue weighted by molar-refractivity contribution is 7.99. The number of rotatable bonds is 8. The fraction of sp³-hybridized carbons (Fsp3) is 0.929. The van der Waals surface area contributed by atoms with Crippen LogP contribution in [0.5, 0.6) is 0 Å². The van der Waals surface area contributed by atoms with E-state index >= 15 is 0 Å². The predicted octanol–water partition coefficient (Wildman–Crippen LogP) is 2.51. The van der Waals surface area contributed by atoms with Crippen molar-refractivity contribution in [1.82, 2.24) is 10.2 Å². The van der Waals surface area contributed by atoms with Gasteiger partial charge in [0.05, 0.1) is 0 Å². The number of amides is 1. The summed E-state index contributed by atoms with van der Waals surface area (Å²) >= 11 is 1.96. The van der Waals surface area contributed by atoms with Gasteiger partial charge in [-0.05, 0) is 12.8 Å². The fourth-order valence-corrected chi connectivity index (χ4v) is 3.10. The van der Waals surface area contributed by atoms with Gasteiger partial charge in [-0.1, -0.05) is 26.7 Å². The van der Waals surface area contributed by atoms with Gasteiger partial charge in [-0.25, -0.2) is 0 Å². The van der Waals surface area contributed by atoms with Crippen LogP contribution in [0.15, 0.2) is 0 Å². The summed E-state index contributed by atoms with van der Waals surface area (Å²) in [5.74, 6) is 2.61. The number of hydrogen-bond donors (Lipinski definition) is 1. The average Bonchev–Trinajstić information content (AvgIpc) is 2.40. The standard InChI is InChI=1S/C14H28N2OS/c1-3-5-8-16(9-6-4-2)14(17)11-13-12-18-10-7-15-13/h13,15H,3-12H2,1-2H3. The van der Waals surface area contributed by atoms with Crippen molar-refractivity contribution < 1.29 is 4.79 Å². The van der Waals surface area contributed by atoms with Gasteiger partial charge < -0.3 is 10.2 Å². The van der Waals surface area contributed by atoms with E-state index in [-0.39, 0.29) is 0 Å². The molecule has 0 aliphatic carbocycles. The van der Waals surface area contributed by atoms with E-state index in [4.69, 9.17) is 0 Å². The van der Waals surface area contributed by atoms with Crippen molar-refractivity contribution >= 4 is 17.7 Å². The molecule has 1 atom stereocenters. The van der Waals surface area contributed by atoms with Crippen LogP contribution < -0.4 is 5.32 Å². The zero-order chi connectivity index (χ0) is 13.2. The van der Waals surface area contributed by atoms with Crippen molar-refractivity contribution in [1.29, 1.82) is 0 Å². The van der Waals surface area contributed by atoms with E-state index in [1.807, 2.05) is 11.8 Å². The molecule has 0 radical (unpaired) electrons. The van der Waals surface area contributed by atoms with E-state index in [2.05, 4.69) is 24.1 Å². The Morgan fingerprint density at radius 3 is 2.44 bits per heavy atom. The van der Waals surface area contributed by atoms with Crippen LogP contribution in [0.1, 0.15) is 46.0 Å². The van der Waals surface area contributed by atoms with Crippen LogP contribution >= 0.6 is 11.8 Å². The Balaban J connectivity index is 2.35. The maximum absolute atomic E-state index is 12.3. The maximum Gasteiger partial charge on any atom is 0.224 e. The molecular formula is C14H28N2OS. The van der Waals surface area contributed by atoms with Crippen molar-refractivity contribution in [2.24, 2.45) is 0 Å². The first-order chi connectivity index (χ1) is 8.77. The number of nitrogens with one attached hydrogen (secondary N) is 1. The van der Waals surface area contributed by atoms with Crippen LogP contribution in [0.2, 0.25) is 0 Å². The van der Waals surface area contributed by atoms with Crippen molar-refractivity contribution in [3.05, 3.63) is 0 Å². The molecule has 1 saturated heterocycles. The highest BCUT2D eigenvalue weighted by Crippen LogP contribution is 2.12. The Kier molecular flexibility index (Phi) is 8.51. The second-order valence-electron chi connectivity index (χ2n) is 5.02. The number of hydrogen-bond acceptors (Lipinski definition) is 3. The molecule has 18 heavy (non-hydrogen) atoms. The summed E-state index contributed by atoms with van der Waals surface area (Å²) in [5, 5.41) is 3.45. The molecule has 1 aliphatic heterocycles. The van der Waals surface area contributed by atoms with Gasteiger partial charge in [0.25, 0.3) is 0 Å². The van der Waals surface area contributed by atoms with Crippen LogP contribution in [-0.4, -0.2) is 48.0 Å². The molecule has 1 aliphatic rings. The summed E-state index contributed by atoms with van der Waals surface area (Å²) in [6, 6.07) is 0.391. The van der Waals surface area contributed by atoms with Gasteiger partial charge in [-0.3, -0.25) is 4.79 Å². The highest BCUT2D eigenvalue weighted by atomic mass is 32.2. The maximum atomic E-state index is 12.3. The number of unbranched alkanes of at least 4 members (excludes halogenated alkanes) is 2. The second-order valence-corrected chi connectivity index (χ2v) is 6.17. The summed E-state index contributed by atoms with van der Waals surface area (Å²) in [5.41, 5.74) is 0. The molecule has 3 nitrogen and oxygen atoms in total. The lowest BCUT2D eigenvalue weighted by Crippen LogP contribution is -2.43. The molecule has 106 valence electrons. The molecule has 1 heterocycles. The number of thioether (sulfide) groups is 1. The Bertz CT molecular complexity index is 222. The van der Waals surface area contributed by atoms with E-state index in [0.717, 1.165) is 51.1 Å². The molecule has 0 aromatic rings. The molecule has 1 rings (SSSR count). The molecule has 1 N–H and O–H groups in total. The van der Waals surface area contributed by atoms with Gasteiger partial charge in [-0.2, -0.15) is 11.8 Å². The van der Waals surface area contributed by atoms with E-state index in [1.165, 1.54) is 5.75 Å². The predicted molar refractivity (Wildman–Crippen MR) is 80.1 cm³/mol. The van der Waals surface area contributed by atoms with Crippen LogP contribution in [0.25, 0.3) is 0 Å². The lowest BCUT2D eigenvalue weighted by atomic mass is 10.2. The minimum atomic E-state index is 0.344. The van der Waals surface area contributed by atoms with Gasteiger partial charge in [0.2, 0.25) is 5.91 Å². The summed E-state index contributed by atoms with van der Waals surface area (Å²) < 4.78 is 0. The van der Waals surface area contributed by atoms with Gasteiger partial charge in [-0.15, -0.1) is 0 Å². The first kappa shape index (κ1) is 15.8. The van der Waals surface area contributed by atoms with Gasteiger partial charge in [0, 0.05) is 43.6 Å². The minimum absolute atomic E-state index is 0.344. The average molecular weight is 272 g/mol. The molecule has 4 heteroatoms. The Morgan fingerprint density at radius 1 is 1.28 bits per heavy atom. The van der Waals surface area contributed by atoms with Gasteiger partial charge >= 0.3 is 0 Å². The molecule has 1 amide bonds. The lowest BCUT2D eigenvalue weighted by molar-refractivity contribution is -0.131. The van der Waals surface area contributed by atoms with Crippen LogP contribution in [-0.2, 0) is 4.79 Å². The van der Waals surface area contributed by atoms with Crippen molar-refractivity contribution in [3.63, 3.8) is 0 Å². The third-order valence-corrected chi connectivity index (χ3v) is 4.47. The molecule has 0 aromatic heterocycles. The van der Waals surface area contributed by atoms with Gasteiger partial charge in [0.1, 0.15) is 0 Å². The third kappa shape index (κ3) is 6.10. The third-order valence-electron chi connectivity index (χ3n) is 3.34. The van der Waals surface area contributed by atoms with Crippen LogP contribution in [0.4, 0.5) is 0 Å². The molecular weight excluding hydrogens is 244 g/mol. The van der Waals surface area contributed by atoms with E-state index in [0.29, 0.717) is 18.4 Å². The SMILES string of the molecule is CCCCN(CCCC)C(=O)CC1CSCCN1. The normalized spacial score (nSPS) is 19.8. The zero-order valence-corrected chi connectivity index (χ0v) is 12.7. The number of carbonyl (C=O) groups excluding carboxylic acids is 1. The monoisotopic (exact) mass is 272 g/mol. The van der Waals surface area contributed by atoms with Crippen LogP contribution in [0.3, 0.4) is 0 Å². The fourth-order valence-electron chi connectivity index (χ4n) is 2.15. The first-order valence-corrected chi connectivity index (χ1v) is 8.52. The summed E-state index contributed by atoms with van der Waals surface area (Å²) in [6.07, 6.45) is 5.26.